The highest BCUT2D eigenvalue weighted by molar-refractivity contribution is 7.80. The van der Waals surface area contributed by atoms with Crippen molar-refractivity contribution in [3.63, 3.8) is 0 Å². The van der Waals surface area contributed by atoms with Crippen LogP contribution < -0.4 is 47.7 Å². The number of hydrogen-bond donors (Lipinski definition) is 0. The molecule has 69 heavy (non-hydrogen) atoms. The van der Waals surface area contributed by atoms with E-state index in [-0.39, 0.29) is 34.9 Å². The lowest BCUT2D eigenvalue weighted by molar-refractivity contribution is 0.628. The van der Waals surface area contributed by atoms with Crippen molar-refractivity contribution >= 4 is 71.5 Å². The maximum absolute atomic E-state index is 14.3. The minimum atomic E-state index is -1.22. The molecule has 0 saturated heterocycles. The maximum atomic E-state index is 14.3. The first-order chi connectivity index (χ1) is 33.6. The van der Waals surface area contributed by atoms with Gasteiger partial charge in [0.1, 0.15) is 34.9 Å². The highest BCUT2D eigenvalue weighted by Gasteiger charge is 2.22. The summed E-state index contributed by atoms with van der Waals surface area (Å²) in [6.45, 7) is 0. The Morgan fingerprint density at radius 3 is 0.551 bits per heavy atom. The Morgan fingerprint density at radius 2 is 0.362 bits per heavy atom. The SMILES string of the molecule is Fc1ccc(P(c2ccc(F)cc2)c2cccc(-c3cc(-c4cccc(P(c5ccc(F)cc5)c5ccc(F)cc5)c4)cc(-c4cccc(P(c5ccc(F)cc5)c5ccc(F)cc5)c4)c3)c2)cc1. The summed E-state index contributed by atoms with van der Waals surface area (Å²) in [5, 5.41) is 8.45. The zero-order valence-electron chi connectivity index (χ0n) is 36.6. The molecule has 0 saturated carbocycles. The molecular formula is C60H39F6P3. The van der Waals surface area contributed by atoms with Gasteiger partial charge in [0.25, 0.3) is 0 Å². The van der Waals surface area contributed by atoms with E-state index >= 15 is 0 Å². The average molecular weight is 967 g/mol. The molecule has 0 bridgehead atoms. The van der Waals surface area contributed by atoms with Crippen LogP contribution in [0.3, 0.4) is 0 Å². The lowest BCUT2D eigenvalue weighted by atomic mass is 9.93. The van der Waals surface area contributed by atoms with E-state index in [1.165, 1.54) is 72.8 Å². The summed E-state index contributed by atoms with van der Waals surface area (Å²) in [5.74, 6) is -2.06. The molecule has 0 spiro atoms. The van der Waals surface area contributed by atoms with Gasteiger partial charge in [0.2, 0.25) is 0 Å². The Morgan fingerprint density at radius 1 is 0.174 bits per heavy atom. The van der Waals surface area contributed by atoms with E-state index in [2.05, 4.69) is 72.8 Å². The van der Waals surface area contributed by atoms with Gasteiger partial charge in [-0.1, -0.05) is 127 Å². The summed E-state index contributed by atoms with van der Waals surface area (Å²) < 4.78 is 85.8. The van der Waals surface area contributed by atoms with Gasteiger partial charge in [0, 0.05) is 0 Å². The van der Waals surface area contributed by atoms with Gasteiger partial charge in [0.05, 0.1) is 0 Å². The standard InChI is InChI=1S/C60H39F6P3/c61-46-10-22-52(23-11-46)67(53-24-12-47(62)13-25-53)58-7-1-4-40(37-58)43-34-44(41-5-2-8-59(38-41)68(54-26-14-48(63)15-27-54)55-28-16-49(64)17-29-55)36-45(35-43)42-6-3-9-60(39-42)69(56-30-18-50(65)19-31-56)57-32-20-51(66)21-33-57/h1-39H. The van der Waals surface area contributed by atoms with E-state index in [1.54, 1.807) is 72.8 Å². The lowest BCUT2D eigenvalue weighted by Crippen LogP contribution is -2.21. The summed E-state index contributed by atoms with van der Waals surface area (Å²) in [5.41, 5.74) is 5.56. The highest BCUT2D eigenvalue weighted by atomic mass is 31.1. The van der Waals surface area contributed by atoms with E-state index in [9.17, 15) is 26.3 Å². The largest absolute Gasteiger partial charge is 0.207 e. The second kappa shape index (κ2) is 20.3. The minimum Gasteiger partial charge on any atom is -0.207 e. The van der Waals surface area contributed by atoms with Gasteiger partial charge in [-0.3, -0.25) is 0 Å². The van der Waals surface area contributed by atoms with Gasteiger partial charge in [-0.25, -0.2) is 26.3 Å². The molecule has 9 heteroatoms. The zero-order valence-corrected chi connectivity index (χ0v) is 39.3. The van der Waals surface area contributed by atoms with Crippen molar-refractivity contribution in [3.05, 3.63) is 271 Å². The van der Waals surface area contributed by atoms with Crippen LogP contribution in [-0.4, -0.2) is 0 Å². The third-order valence-corrected chi connectivity index (χ3v) is 19.0. The molecule has 0 unspecified atom stereocenters. The van der Waals surface area contributed by atoms with Crippen LogP contribution >= 0.6 is 23.8 Å². The van der Waals surface area contributed by atoms with Crippen LogP contribution in [0, 0.1) is 34.9 Å². The fourth-order valence-corrected chi connectivity index (χ4v) is 15.4. The number of hydrogen-bond acceptors (Lipinski definition) is 0. The second-order valence-corrected chi connectivity index (χ2v) is 23.0. The van der Waals surface area contributed by atoms with Crippen LogP contribution in [0.5, 0.6) is 0 Å². The van der Waals surface area contributed by atoms with Gasteiger partial charge in [-0.05, 0) is 214 Å². The monoisotopic (exact) mass is 966 g/mol. The molecule has 0 amide bonds. The van der Waals surface area contributed by atoms with Crippen LogP contribution in [-0.2, 0) is 0 Å². The molecule has 0 atom stereocenters. The second-order valence-electron chi connectivity index (χ2n) is 16.3. The first-order valence-corrected chi connectivity index (χ1v) is 26.0. The van der Waals surface area contributed by atoms with Gasteiger partial charge < -0.3 is 0 Å². The molecule has 0 aliphatic rings. The molecule has 0 aliphatic carbocycles. The molecule has 0 nitrogen and oxygen atoms in total. The topological polar surface area (TPSA) is 0 Å². The normalized spacial score (nSPS) is 11.4. The minimum absolute atomic E-state index is 0.343. The molecule has 0 aliphatic heterocycles. The Bertz CT molecular complexity index is 2870. The average Bonchev–Trinajstić information content (AvgIpc) is 3.38. The van der Waals surface area contributed by atoms with Crippen molar-refractivity contribution in [2.24, 2.45) is 0 Å². The Hall–Kier alpha value is -6.93. The van der Waals surface area contributed by atoms with Crippen LogP contribution in [0.15, 0.2) is 237 Å². The van der Waals surface area contributed by atoms with Crippen molar-refractivity contribution in [1.82, 2.24) is 0 Å². The summed E-state index contributed by atoms with van der Waals surface area (Å²) in [6, 6.07) is 70.2. The summed E-state index contributed by atoms with van der Waals surface area (Å²) in [6.07, 6.45) is 0. The Labute approximate surface area is 400 Å². The van der Waals surface area contributed by atoms with E-state index in [0.717, 1.165) is 81.1 Å². The Balaban J connectivity index is 1.14. The summed E-state index contributed by atoms with van der Waals surface area (Å²) >= 11 is 0. The first-order valence-electron chi connectivity index (χ1n) is 22.0. The molecule has 0 fully saturated rings. The third kappa shape index (κ3) is 10.4. The zero-order chi connectivity index (χ0) is 47.4. The number of rotatable bonds is 12. The summed E-state index contributed by atoms with van der Waals surface area (Å²) in [7, 11) is -3.67. The molecule has 336 valence electrons. The molecule has 0 N–H and O–H groups in total. The highest BCUT2D eigenvalue weighted by Crippen LogP contribution is 2.40. The number of benzene rings is 10. The fraction of sp³-hybridized carbons (Fsp3) is 0. The lowest BCUT2D eigenvalue weighted by Gasteiger charge is -2.22. The first kappa shape index (κ1) is 45.8. The molecule has 0 heterocycles. The van der Waals surface area contributed by atoms with E-state index < -0.39 is 23.8 Å². The molecule has 10 rings (SSSR count). The van der Waals surface area contributed by atoms with Crippen LogP contribution in [0.1, 0.15) is 0 Å². The fourth-order valence-electron chi connectivity index (χ4n) is 8.48. The predicted molar refractivity (Wildman–Crippen MR) is 279 cm³/mol. The quantitative estimate of drug-likeness (QED) is 0.0845. The van der Waals surface area contributed by atoms with Crippen molar-refractivity contribution in [3.8, 4) is 33.4 Å². The van der Waals surface area contributed by atoms with E-state index in [0.29, 0.717) is 0 Å². The molecule has 0 radical (unpaired) electrons. The van der Waals surface area contributed by atoms with Gasteiger partial charge in [-0.15, -0.1) is 0 Å². The van der Waals surface area contributed by atoms with Gasteiger partial charge in [-0.2, -0.15) is 0 Å². The molecule has 10 aromatic rings. The molecule has 0 aromatic heterocycles. The van der Waals surface area contributed by atoms with Crippen LogP contribution in [0.25, 0.3) is 33.4 Å². The van der Waals surface area contributed by atoms with Crippen molar-refractivity contribution in [2.45, 2.75) is 0 Å². The predicted octanol–water partition coefficient (Wildman–Crippen LogP) is 12.8. The van der Waals surface area contributed by atoms with E-state index in [4.69, 9.17) is 0 Å². The summed E-state index contributed by atoms with van der Waals surface area (Å²) in [4.78, 5) is 0. The van der Waals surface area contributed by atoms with Crippen molar-refractivity contribution in [2.75, 3.05) is 0 Å². The third-order valence-electron chi connectivity index (χ3n) is 11.8. The Kier molecular flexibility index (Phi) is 13.5. The maximum Gasteiger partial charge on any atom is 0.123 e. The van der Waals surface area contributed by atoms with Gasteiger partial charge >= 0.3 is 0 Å². The number of halogens is 6. The van der Waals surface area contributed by atoms with Gasteiger partial charge in [0.15, 0.2) is 0 Å². The van der Waals surface area contributed by atoms with Crippen molar-refractivity contribution < 1.29 is 26.3 Å². The van der Waals surface area contributed by atoms with E-state index in [1.807, 2.05) is 18.2 Å². The van der Waals surface area contributed by atoms with Crippen molar-refractivity contribution in [1.29, 1.82) is 0 Å². The molecular weight excluding hydrogens is 928 g/mol. The molecule has 10 aromatic carbocycles. The van der Waals surface area contributed by atoms with Crippen LogP contribution in [0.4, 0.5) is 26.3 Å². The smallest absolute Gasteiger partial charge is 0.123 e. The van der Waals surface area contributed by atoms with Crippen LogP contribution in [0.2, 0.25) is 0 Å².